The van der Waals surface area contributed by atoms with E-state index in [2.05, 4.69) is 21.9 Å². The number of hydrogen-bond donors (Lipinski definition) is 0. The van der Waals surface area contributed by atoms with Crippen LogP contribution in [-0.4, -0.2) is 62.8 Å². The lowest BCUT2D eigenvalue weighted by atomic mass is 10.1. The Kier molecular flexibility index (Phi) is 6.47. The SMILES string of the molecule is [CH2]CN(C)C(=O)n1c([S+]([O-])Cc2ncc(C)c(OC)c2C)nc2nc(OC)ccc21. The summed E-state index contributed by atoms with van der Waals surface area (Å²) in [5.74, 6) is 1.12. The molecule has 0 saturated heterocycles. The molecule has 9 nitrogen and oxygen atoms in total. The van der Waals surface area contributed by atoms with Crippen molar-refractivity contribution in [2.45, 2.75) is 24.8 Å². The minimum atomic E-state index is -1.67. The Hall–Kier alpha value is -2.85. The monoisotopic (exact) mass is 430 g/mol. The van der Waals surface area contributed by atoms with E-state index in [0.717, 1.165) is 11.1 Å². The molecule has 0 aliphatic heterocycles. The van der Waals surface area contributed by atoms with E-state index in [4.69, 9.17) is 9.47 Å². The fourth-order valence-electron chi connectivity index (χ4n) is 3.05. The number of pyridine rings is 2. The molecule has 1 atom stereocenters. The Balaban J connectivity index is 2.09. The van der Waals surface area contributed by atoms with Crippen LogP contribution < -0.4 is 9.47 Å². The average Bonchev–Trinajstić information content (AvgIpc) is 3.13. The first-order valence-electron chi connectivity index (χ1n) is 9.18. The van der Waals surface area contributed by atoms with Crippen molar-refractivity contribution in [1.82, 2.24) is 24.4 Å². The lowest BCUT2D eigenvalue weighted by Gasteiger charge is -2.18. The van der Waals surface area contributed by atoms with Gasteiger partial charge in [0.15, 0.2) is 11.4 Å². The van der Waals surface area contributed by atoms with Gasteiger partial charge in [-0.15, -0.1) is 0 Å². The van der Waals surface area contributed by atoms with Crippen molar-refractivity contribution in [3.05, 3.63) is 42.1 Å². The molecular weight excluding hydrogens is 406 g/mol. The fraction of sp³-hybridized carbons (Fsp3) is 0.350. The van der Waals surface area contributed by atoms with Gasteiger partial charge < -0.3 is 18.9 Å². The summed E-state index contributed by atoms with van der Waals surface area (Å²) in [6.45, 7) is 7.74. The predicted molar refractivity (Wildman–Crippen MR) is 113 cm³/mol. The van der Waals surface area contributed by atoms with Gasteiger partial charge in [0.25, 0.3) is 0 Å². The number of rotatable bonds is 6. The van der Waals surface area contributed by atoms with E-state index in [1.165, 1.54) is 16.6 Å². The van der Waals surface area contributed by atoms with Gasteiger partial charge in [0.05, 0.1) is 19.9 Å². The number of carbonyl (C=O) groups excluding carboxylic acids is 1. The molecule has 0 spiro atoms. The molecule has 0 N–H and O–H groups in total. The molecule has 1 unspecified atom stereocenters. The van der Waals surface area contributed by atoms with Crippen LogP contribution in [0.4, 0.5) is 4.79 Å². The van der Waals surface area contributed by atoms with Crippen molar-refractivity contribution in [3.63, 3.8) is 0 Å². The maximum atomic E-state index is 13.3. The van der Waals surface area contributed by atoms with Gasteiger partial charge in [-0.05, 0) is 26.8 Å². The number of carbonyl (C=O) groups is 1. The average molecular weight is 431 g/mol. The van der Waals surface area contributed by atoms with Crippen molar-refractivity contribution >= 4 is 28.4 Å². The Morgan fingerprint density at radius 2 is 2.00 bits per heavy atom. The molecule has 0 bridgehead atoms. The number of methoxy groups -OCH3 is 2. The second-order valence-corrected chi connectivity index (χ2v) is 8.01. The van der Waals surface area contributed by atoms with Crippen molar-refractivity contribution in [3.8, 4) is 11.6 Å². The zero-order valence-corrected chi connectivity index (χ0v) is 18.4. The molecule has 0 saturated carbocycles. The highest BCUT2D eigenvalue weighted by molar-refractivity contribution is 7.90. The third-order valence-corrected chi connectivity index (χ3v) is 5.96. The van der Waals surface area contributed by atoms with Crippen molar-refractivity contribution in [1.29, 1.82) is 0 Å². The van der Waals surface area contributed by atoms with E-state index in [1.54, 1.807) is 32.5 Å². The molecule has 3 aromatic heterocycles. The Morgan fingerprint density at radius 1 is 1.27 bits per heavy atom. The molecule has 30 heavy (non-hydrogen) atoms. The summed E-state index contributed by atoms with van der Waals surface area (Å²) in [5, 5.41) is 0.0943. The lowest BCUT2D eigenvalue weighted by molar-refractivity contribution is 0.213. The summed E-state index contributed by atoms with van der Waals surface area (Å²) in [7, 11) is 4.69. The number of nitrogens with zero attached hydrogens (tertiary/aromatic N) is 5. The van der Waals surface area contributed by atoms with Gasteiger partial charge in [-0.1, -0.05) is 0 Å². The van der Waals surface area contributed by atoms with Crippen LogP contribution in [0.15, 0.2) is 23.5 Å². The molecule has 10 heteroatoms. The summed E-state index contributed by atoms with van der Waals surface area (Å²) in [6, 6.07) is 2.90. The largest absolute Gasteiger partial charge is 0.609 e. The number of ether oxygens (including phenoxy) is 2. The third-order valence-electron chi connectivity index (χ3n) is 4.75. The maximum Gasteiger partial charge on any atom is 0.334 e. The molecule has 1 amide bonds. The normalized spacial score (nSPS) is 12.1. The van der Waals surface area contributed by atoms with Crippen LogP contribution in [-0.2, 0) is 16.9 Å². The maximum absolute atomic E-state index is 13.3. The van der Waals surface area contributed by atoms with Gasteiger partial charge in [-0.3, -0.25) is 4.98 Å². The number of fused-ring (bicyclic) bond motifs is 1. The van der Waals surface area contributed by atoms with E-state index >= 15 is 0 Å². The number of hydrogen-bond acceptors (Lipinski definition) is 7. The molecule has 0 aromatic carbocycles. The van der Waals surface area contributed by atoms with Gasteiger partial charge in [0.2, 0.25) is 5.88 Å². The first-order chi connectivity index (χ1) is 14.3. The highest BCUT2D eigenvalue weighted by Gasteiger charge is 2.30. The van der Waals surface area contributed by atoms with Crippen LogP contribution in [0.1, 0.15) is 16.8 Å². The molecule has 3 heterocycles. The van der Waals surface area contributed by atoms with E-state index in [0.29, 0.717) is 22.8 Å². The summed E-state index contributed by atoms with van der Waals surface area (Å²) in [4.78, 5) is 27.5. The van der Waals surface area contributed by atoms with E-state index < -0.39 is 17.2 Å². The van der Waals surface area contributed by atoms with Crippen LogP contribution in [0.25, 0.3) is 11.2 Å². The first kappa shape index (κ1) is 21.8. The number of aromatic nitrogens is 4. The summed E-state index contributed by atoms with van der Waals surface area (Å²) in [5.41, 5.74) is 3.01. The molecule has 0 aliphatic rings. The molecule has 3 rings (SSSR count). The zero-order valence-electron chi connectivity index (χ0n) is 17.6. The van der Waals surface area contributed by atoms with E-state index in [1.807, 2.05) is 13.8 Å². The van der Waals surface area contributed by atoms with E-state index in [-0.39, 0.29) is 23.1 Å². The number of amides is 1. The standard InChI is InChI=1S/C20H24N5O4S/c1-7-24(4)20(26)25-15-8-9-16(28-5)22-18(15)23-19(25)30(27)11-14-13(3)17(29-6)12(2)10-21-14/h8-10H,1,7,11H2,2-6H3. The van der Waals surface area contributed by atoms with Crippen LogP contribution in [0.3, 0.4) is 0 Å². The van der Waals surface area contributed by atoms with Gasteiger partial charge in [-0.25, -0.2) is 9.36 Å². The van der Waals surface area contributed by atoms with Crippen LogP contribution in [0, 0.1) is 20.8 Å². The second-order valence-electron chi connectivity index (χ2n) is 6.67. The van der Waals surface area contributed by atoms with Crippen LogP contribution >= 0.6 is 0 Å². The summed E-state index contributed by atoms with van der Waals surface area (Å²) in [6.07, 6.45) is 1.68. The zero-order chi connectivity index (χ0) is 22.0. The topological polar surface area (TPSA) is 105 Å². The second kappa shape index (κ2) is 8.88. The predicted octanol–water partition coefficient (Wildman–Crippen LogP) is 2.50. The minimum absolute atomic E-state index is 0.0737. The van der Waals surface area contributed by atoms with Crippen LogP contribution in [0.5, 0.6) is 11.6 Å². The minimum Gasteiger partial charge on any atom is -0.609 e. The van der Waals surface area contributed by atoms with Gasteiger partial charge >= 0.3 is 11.2 Å². The first-order valence-corrected chi connectivity index (χ1v) is 10.5. The molecule has 1 radical (unpaired) electrons. The van der Waals surface area contributed by atoms with Gasteiger partial charge in [-0.2, -0.15) is 9.97 Å². The van der Waals surface area contributed by atoms with Gasteiger partial charge in [0, 0.05) is 48.2 Å². The summed E-state index contributed by atoms with van der Waals surface area (Å²) < 4.78 is 25.2. The quantitative estimate of drug-likeness (QED) is 0.553. The Bertz CT molecular complexity index is 1080. The highest BCUT2D eigenvalue weighted by Crippen LogP contribution is 2.28. The lowest BCUT2D eigenvalue weighted by Crippen LogP contribution is -2.33. The molecule has 3 aromatic rings. The van der Waals surface area contributed by atoms with Gasteiger partial charge in [0.1, 0.15) is 11.3 Å². The van der Waals surface area contributed by atoms with Crippen molar-refractivity contribution in [2.24, 2.45) is 0 Å². The molecular formula is C20H24N5O4S. The summed E-state index contributed by atoms with van der Waals surface area (Å²) >= 11 is -1.67. The Morgan fingerprint density at radius 3 is 2.63 bits per heavy atom. The number of aryl methyl sites for hydroxylation is 1. The third kappa shape index (κ3) is 3.92. The molecule has 0 fully saturated rings. The smallest absolute Gasteiger partial charge is 0.334 e. The van der Waals surface area contributed by atoms with Crippen molar-refractivity contribution in [2.75, 3.05) is 27.8 Å². The molecule has 0 aliphatic carbocycles. The highest BCUT2D eigenvalue weighted by atomic mass is 32.2. The van der Waals surface area contributed by atoms with Crippen molar-refractivity contribution < 1.29 is 18.8 Å². The molecule has 159 valence electrons. The van der Waals surface area contributed by atoms with E-state index in [9.17, 15) is 9.35 Å². The fourth-order valence-corrected chi connectivity index (χ4v) is 4.28. The van der Waals surface area contributed by atoms with Crippen LogP contribution in [0.2, 0.25) is 0 Å². The Labute approximate surface area is 178 Å². The number of imidazole rings is 1.